The number of thiophene rings is 1. The second kappa shape index (κ2) is 5.42. The minimum Gasteiger partial charge on any atom is -0.333 e. The first-order valence-electron chi connectivity index (χ1n) is 7.48. The molecule has 1 aliphatic rings. The van der Waals surface area contributed by atoms with Gasteiger partial charge in [-0.2, -0.15) is 5.10 Å². The van der Waals surface area contributed by atoms with Gasteiger partial charge < -0.3 is 10.6 Å². The monoisotopic (exact) mass is 306 g/mol. The van der Waals surface area contributed by atoms with Crippen LogP contribution in [0.4, 0.5) is 0 Å². The Morgan fingerprint density at radius 1 is 1.52 bits per heavy atom. The van der Waals surface area contributed by atoms with Crippen LogP contribution in [0, 0.1) is 6.92 Å². The van der Waals surface area contributed by atoms with Crippen molar-refractivity contribution in [2.24, 2.45) is 12.8 Å². The topological polar surface area (TPSA) is 64.2 Å². The molecule has 21 heavy (non-hydrogen) atoms. The van der Waals surface area contributed by atoms with E-state index in [1.807, 2.05) is 36.5 Å². The molecule has 0 radical (unpaired) electrons. The van der Waals surface area contributed by atoms with Crippen LogP contribution in [0.2, 0.25) is 0 Å². The molecule has 114 valence electrons. The van der Waals surface area contributed by atoms with Crippen LogP contribution in [0.5, 0.6) is 0 Å². The third kappa shape index (κ3) is 2.46. The van der Waals surface area contributed by atoms with Crippen molar-refractivity contribution < 1.29 is 4.79 Å². The molecule has 5 nitrogen and oxygen atoms in total. The van der Waals surface area contributed by atoms with Crippen LogP contribution in [0.15, 0.2) is 6.07 Å². The van der Waals surface area contributed by atoms with E-state index >= 15 is 0 Å². The van der Waals surface area contributed by atoms with Crippen LogP contribution in [0.1, 0.15) is 41.6 Å². The molecule has 0 bridgehead atoms. The molecule has 6 heteroatoms. The van der Waals surface area contributed by atoms with E-state index in [2.05, 4.69) is 5.10 Å². The zero-order valence-electron chi connectivity index (χ0n) is 12.8. The van der Waals surface area contributed by atoms with E-state index in [0.29, 0.717) is 0 Å². The number of piperidine rings is 1. The van der Waals surface area contributed by atoms with Gasteiger partial charge in [0.1, 0.15) is 4.83 Å². The van der Waals surface area contributed by atoms with E-state index in [9.17, 15) is 4.79 Å². The van der Waals surface area contributed by atoms with E-state index in [0.717, 1.165) is 46.6 Å². The first kappa shape index (κ1) is 14.5. The van der Waals surface area contributed by atoms with Crippen molar-refractivity contribution >= 4 is 27.5 Å². The van der Waals surface area contributed by atoms with Gasteiger partial charge in [0, 0.05) is 31.1 Å². The van der Waals surface area contributed by atoms with E-state index in [-0.39, 0.29) is 18.0 Å². The number of hydrogen-bond acceptors (Lipinski definition) is 4. The van der Waals surface area contributed by atoms with Gasteiger partial charge in [0.15, 0.2) is 0 Å². The number of hydrogen-bond donors (Lipinski definition) is 1. The molecule has 1 amide bonds. The van der Waals surface area contributed by atoms with E-state index in [1.165, 1.54) is 11.3 Å². The number of likely N-dealkylation sites (tertiary alicyclic amines) is 1. The molecule has 2 aromatic heterocycles. The molecular formula is C15H22N4OS. The summed E-state index contributed by atoms with van der Waals surface area (Å²) in [6.45, 7) is 4.79. The number of rotatable bonds is 2. The Labute approximate surface area is 128 Å². The molecule has 0 aromatic carbocycles. The van der Waals surface area contributed by atoms with Crippen molar-refractivity contribution in [3.05, 3.63) is 16.6 Å². The van der Waals surface area contributed by atoms with Gasteiger partial charge >= 0.3 is 0 Å². The van der Waals surface area contributed by atoms with Crippen LogP contribution >= 0.6 is 11.3 Å². The number of aryl methyl sites for hydroxylation is 2. The molecule has 2 atom stereocenters. The lowest BCUT2D eigenvalue weighted by atomic mass is 9.97. The van der Waals surface area contributed by atoms with Crippen molar-refractivity contribution in [2.45, 2.75) is 45.2 Å². The summed E-state index contributed by atoms with van der Waals surface area (Å²) in [6.07, 6.45) is 3.24. The molecule has 2 aromatic rings. The summed E-state index contributed by atoms with van der Waals surface area (Å²) in [6, 6.07) is 2.17. The molecule has 1 saturated heterocycles. The first-order valence-corrected chi connectivity index (χ1v) is 8.30. The lowest BCUT2D eigenvalue weighted by Gasteiger charge is -2.37. The smallest absolute Gasteiger partial charge is 0.264 e. The summed E-state index contributed by atoms with van der Waals surface area (Å²) in [5.74, 6) is 0.123. The zero-order chi connectivity index (χ0) is 15.1. The Kier molecular flexibility index (Phi) is 3.75. The lowest BCUT2D eigenvalue weighted by Crippen LogP contribution is -2.51. The normalized spacial score (nSPS) is 21.0. The zero-order valence-corrected chi connectivity index (χ0v) is 13.6. The molecule has 0 aliphatic carbocycles. The van der Waals surface area contributed by atoms with Crippen LogP contribution in [-0.4, -0.2) is 39.2 Å². The number of aromatic nitrogens is 2. The predicted molar refractivity (Wildman–Crippen MR) is 85.7 cm³/mol. The maximum absolute atomic E-state index is 12.9. The molecule has 2 N–H and O–H groups in total. The number of carbonyl (C=O) groups is 1. The number of carbonyl (C=O) groups excluding carboxylic acids is 1. The molecule has 0 saturated carbocycles. The molecule has 1 fully saturated rings. The minimum absolute atomic E-state index is 0.0204. The van der Waals surface area contributed by atoms with Gasteiger partial charge in [0.25, 0.3) is 5.91 Å². The van der Waals surface area contributed by atoms with Gasteiger partial charge in [-0.3, -0.25) is 9.48 Å². The highest BCUT2D eigenvalue weighted by Crippen LogP contribution is 2.30. The highest BCUT2D eigenvalue weighted by atomic mass is 32.1. The van der Waals surface area contributed by atoms with Crippen LogP contribution in [0.25, 0.3) is 10.2 Å². The summed E-state index contributed by atoms with van der Waals surface area (Å²) < 4.78 is 1.85. The van der Waals surface area contributed by atoms with Crippen LogP contribution in [-0.2, 0) is 7.05 Å². The van der Waals surface area contributed by atoms with Gasteiger partial charge in [-0.15, -0.1) is 11.3 Å². The van der Waals surface area contributed by atoms with Gasteiger partial charge in [-0.05, 0) is 39.2 Å². The van der Waals surface area contributed by atoms with Gasteiger partial charge in [-0.25, -0.2) is 0 Å². The summed E-state index contributed by atoms with van der Waals surface area (Å²) in [5.41, 5.74) is 7.05. The molecule has 3 heterocycles. The van der Waals surface area contributed by atoms with E-state index < -0.39 is 0 Å². The third-order valence-electron chi connectivity index (χ3n) is 4.32. The highest BCUT2D eigenvalue weighted by Gasteiger charge is 2.31. The van der Waals surface area contributed by atoms with Crippen molar-refractivity contribution in [2.75, 3.05) is 6.54 Å². The number of fused-ring (bicyclic) bond motifs is 1. The summed E-state index contributed by atoms with van der Waals surface area (Å²) in [5, 5.41) is 5.47. The molecule has 1 aliphatic heterocycles. The van der Waals surface area contributed by atoms with Crippen molar-refractivity contribution in [3.63, 3.8) is 0 Å². The maximum Gasteiger partial charge on any atom is 0.264 e. The summed E-state index contributed by atoms with van der Waals surface area (Å²) in [7, 11) is 1.92. The fraction of sp³-hybridized carbons (Fsp3) is 0.600. The van der Waals surface area contributed by atoms with Crippen molar-refractivity contribution in [3.8, 4) is 0 Å². The Morgan fingerprint density at radius 3 is 2.95 bits per heavy atom. The SMILES string of the molecule is Cc1nn(C)c2sc(C(=O)N3CCCCC3C(C)N)cc12. The summed E-state index contributed by atoms with van der Waals surface area (Å²) >= 11 is 1.53. The fourth-order valence-corrected chi connectivity index (χ4v) is 4.29. The maximum atomic E-state index is 12.9. The lowest BCUT2D eigenvalue weighted by molar-refractivity contribution is 0.0589. The van der Waals surface area contributed by atoms with Crippen LogP contribution < -0.4 is 5.73 Å². The second-order valence-electron chi connectivity index (χ2n) is 5.96. The predicted octanol–water partition coefficient (Wildman–Crippen LogP) is 2.29. The quantitative estimate of drug-likeness (QED) is 0.926. The molecular weight excluding hydrogens is 284 g/mol. The Balaban J connectivity index is 1.93. The number of nitrogens with two attached hydrogens (primary N) is 1. The standard InChI is InChI=1S/C15H22N4OS/c1-9(16)12-6-4-5-7-19(12)14(20)13-8-11-10(2)17-18(3)15(11)21-13/h8-9,12H,4-7,16H2,1-3H3. The Bertz CT molecular complexity index is 638. The first-order chi connectivity index (χ1) is 9.99. The summed E-state index contributed by atoms with van der Waals surface area (Å²) in [4.78, 5) is 16.7. The average molecular weight is 306 g/mol. The molecule has 0 spiro atoms. The Hall–Kier alpha value is -1.40. The van der Waals surface area contributed by atoms with E-state index in [1.54, 1.807) is 0 Å². The third-order valence-corrected chi connectivity index (χ3v) is 5.51. The highest BCUT2D eigenvalue weighted by molar-refractivity contribution is 7.20. The van der Waals surface area contributed by atoms with Gasteiger partial charge in [-0.1, -0.05) is 0 Å². The van der Waals surface area contributed by atoms with Crippen LogP contribution in [0.3, 0.4) is 0 Å². The van der Waals surface area contributed by atoms with Gasteiger partial charge in [0.05, 0.1) is 10.6 Å². The number of nitrogens with zero attached hydrogens (tertiary/aromatic N) is 3. The largest absolute Gasteiger partial charge is 0.333 e. The molecule has 2 unspecified atom stereocenters. The molecule has 3 rings (SSSR count). The second-order valence-corrected chi connectivity index (χ2v) is 6.99. The van der Waals surface area contributed by atoms with E-state index in [4.69, 9.17) is 5.73 Å². The fourth-order valence-electron chi connectivity index (χ4n) is 3.21. The average Bonchev–Trinajstić information content (AvgIpc) is 3.01. The minimum atomic E-state index is 0.0204. The van der Waals surface area contributed by atoms with Crippen molar-refractivity contribution in [1.82, 2.24) is 14.7 Å². The van der Waals surface area contributed by atoms with Gasteiger partial charge in [0.2, 0.25) is 0 Å². The van der Waals surface area contributed by atoms with Crippen molar-refractivity contribution in [1.29, 1.82) is 0 Å². The Morgan fingerprint density at radius 2 is 2.29 bits per heavy atom. The number of amides is 1.